The second-order valence-electron chi connectivity index (χ2n) is 3.11. The van der Waals surface area contributed by atoms with Gasteiger partial charge in [0.25, 0.3) is 0 Å². The van der Waals surface area contributed by atoms with Gasteiger partial charge in [0.15, 0.2) is 0 Å². The van der Waals surface area contributed by atoms with E-state index in [1.807, 2.05) is 0 Å². The summed E-state index contributed by atoms with van der Waals surface area (Å²) in [5.74, 6) is -0.969. The molecule has 1 unspecified atom stereocenters. The van der Waals surface area contributed by atoms with E-state index in [0.29, 0.717) is 6.42 Å². The van der Waals surface area contributed by atoms with Gasteiger partial charge in [-0.1, -0.05) is 22.6 Å². The summed E-state index contributed by atoms with van der Waals surface area (Å²) in [6.07, 6.45) is 1.29. The van der Waals surface area contributed by atoms with Crippen molar-refractivity contribution in [3.05, 3.63) is 0 Å². The van der Waals surface area contributed by atoms with E-state index in [4.69, 9.17) is 4.74 Å². The van der Waals surface area contributed by atoms with Crippen LogP contribution in [0, 0.1) is 0 Å². The van der Waals surface area contributed by atoms with Crippen molar-refractivity contribution >= 4 is 34.5 Å². The van der Waals surface area contributed by atoms with Gasteiger partial charge in [-0.3, -0.25) is 4.79 Å². The minimum atomic E-state index is -1.13. The number of esters is 2. The molecule has 0 aliphatic rings. The van der Waals surface area contributed by atoms with Gasteiger partial charge >= 0.3 is 11.9 Å². The number of hydrogen-bond donors (Lipinski definition) is 0. The molecule has 0 aliphatic heterocycles. The third-order valence-electron chi connectivity index (χ3n) is 1.77. The number of methoxy groups -OCH3 is 1. The molecule has 0 saturated carbocycles. The van der Waals surface area contributed by atoms with Crippen LogP contribution in [0.25, 0.3) is 0 Å². The second kappa shape index (κ2) is 6.21. The number of halogens is 1. The number of carbonyl (C=O) groups excluding carboxylic acids is 2. The van der Waals surface area contributed by atoms with Crippen LogP contribution >= 0.6 is 22.6 Å². The van der Waals surface area contributed by atoms with Crippen molar-refractivity contribution in [2.45, 2.75) is 32.3 Å². The van der Waals surface area contributed by atoms with Crippen LogP contribution in [0.1, 0.15) is 26.7 Å². The normalized spacial score (nSPS) is 14.3. The second-order valence-corrected chi connectivity index (χ2v) is 4.19. The lowest BCUT2D eigenvalue weighted by Crippen LogP contribution is -2.41. The summed E-state index contributed by atoms with van der Waals surface area (Å²) in [6, 6.07) is 0. The minimum Gasteiger partial charge on any atom is -0.466 e. The lowest BCUT2D eigenvalue weighted by atomic mass is 10.0. The molecule has 1 atom stereocenters. The number of carbonyl (C=O) groups is 2. The Kier molecular flexibility index (Phi) is 6.06. The molecular weight excluding hydrogens is 299 g/mol. The molecule has 0 aromatic carbocycles. The van der Waals surface area contributed by atoms with Crippen molar-refractivity contribution in [3.63, 3.8) is 0 Å². The molecule has 0 N–H and O–H groups in total. The fourth-order valence-corrected chi connectivity index (χ4v) is 1.51. The fraction of sp³-hybridized carbons (Fsp3) is 0.778. The maximum Gasteiger partial charge on any atom is 0.350 e. The van der Waals surface area contributed by atoms with Crippen molar-refractivity contribution in [2.75, 3.05) is 11.5 Å². The number of hydrogen-bond acceptors (Lipinski definition) is 4. The Morgan fingerprint density at radius 2 is 2.00 bits per heavy atom. The predicted molar refractivity (Wildman–Crippen MR) is 60.3 cm³/mol. The van der Waals surface area contributed by atoms with Gasteiger partial charge < -0.3 is 9.47 Å². The molecule has 14 heavy (non-hydrogen) atoms. The highest BCUT2D eigenvalue weighted by atomic mass is 127. The van der Waals surface area contributed by atoms with Crippen molar-refractivity contribution in [1.29, 1.82) is 0 Å². The van der Waals surface area contributed by atoms with E-state index in [9.17, 15) is 9.59 Å². The van der Waals surface area contributed by atoms with E-state index in [0.717, 1.165) is 10.8 Å². The molecule has 0 fully saturated rings. The monoisotopic (exact) mass is 314 g/mol. The topological polar surface area (TPSA) is 52.6 Å². The van der Waals surface area contributed by atoms with Gasteiger partial charge in [0.1, 0.15) is 0 Å². The van der Waals surface area contributed by atoms with E-state index < -0.39 is 17.5 Å². The summed E-state index contributed by atoms with van der Waals surface area (Å²) < 4.78 is 10.5. The number of rotatable bonds is 5. The smallest absolute Gasteiger partial charge is 0.350 e. The van der Waals surface area contributed by atoms with E-state index in [2.05, 4.69) is 27.3 Å². The zero-order valence-electron chi connectivity index (χ0n) is 8.63. The summed E-state index contributed by atoms with van der Waals surface area (Å²) in [5.41, 5.74) is -1.13. The highest BCUT2D eigenvalue weighted by Gasteiger charge is 2.37. The zero-order chi connectivity index (χ0) is 11.2. The molecule has 4 nitrogen and oxygen atoms in total. The maximum absolute atomic E-state index is 11.4. The fourth-order valence-electron chi connectivity index (χ4n) is 1.13. The van der Waals surface area contributed by atoms with Gasteiger partial charge in [0, 0.05) is 6.92 Å². The van der Waals surface area contributed by atoms with Crippen LogP contribution in [0.15, 0.2) is 0 Å². The molecule has 0 aromatic rings. The first-order valence-electron chi connectivity index (χ1n) is 4.30. The van der Waals surface area contributed by atoms with E-state index >= 15 is 0 Å². The first-order valence-corrected chi connectivity index (χ1v) is 5.83. The van der Waals surface area contributed by atoms with E-state index in [1.54, 1.807) is 6.92 Å². The molecule has 0 radical (unpaired) electrons. The van der Waals surface area contributed by atoms with Crippen LogP contribution in [-0.4, -0.2) is 29.1 Å². The van der Waals surface area contributed by atoms with Crippen LogP contribution in [0.3, 0.4) is 0 Å². The molecule has 0 bridgehead atoms. The van der Waals surface area contributed by atoms with Gasteiger partial charge in [-0.2, -0.15) is 0 Å². The SMILES string of the molecule is COC(=O)C(C)(CCCI)OC(C)=O. The average Bonchev–Trinajstić information content (AvgIpc) is 2.12. The van der Waals surface area contributed by atoms with Crippen molar-refractivity contribution in [1.82, 2.24) is 0 Å². The molecule has 0 spiro atoms. The molecule has 5 heteroatoms. The van der Waals surface area contributed by atoms with Crippen molar-refractivity contribution < 1.29 is 19.1 Å². The Bertz CT molecular complexity index is 217. The lowest BCUT2D eigenvalue weighted by Gasteiger charge is -2.25. The standard InChI is InChI=1S/C9H15IO4/c1-7(11)14-9(2,5-4-6-10)8(12)13-3/h4-6H2,1-3H3. The summed E-state index contributed by atoms with van der Waals surface area (Å²) in [5, 5.41) is 0. The summed E-state index contributed by atoms with van der Waals surface area (Å²) in [4.78, 5) is 22.2. The Morgan fingerprint density at radius 3 is 2.36 bits per heavy atom. The Labute approximate surface area is 97.5 Å². The van der Waals surface area contributed by atoms with Crippen LogP contribution in [-0.2, 0) is 19.1 Å². The van der Waals surface area contributed by atoms with Gasteiger partial charge in [0.2, 0.25) is 5.60 Å². The largest absolute Gasteiger partial charge is 0.466 e. The average molecular weight is 314 g/mol. The molecule has 0 amide bonds. The summed E-state index contributed by atoms with van der Waals surface area (Å²) in [7, 11) is 1.29. The zero-order valence-corrected chi connectivity index (χ0v) is 10.8. The highest BCUT2D eigenvalue weighted by molar-refractivity contribution is 14.1. The minimum absolute atomic E-state index is 0.466. The molecule has 0 aliphatic carbocycles. The number of ether oxygens (including phenoxy) is 2. The van der Waals surface area contributed by atoms with Crippen molar-refractivity contribution in [3.8, 4) is 0 Å². The van der Waals surface area contributed by atoms with Crippen LogP contribution in [0.4, 0.5) is 0 Å². The molecule has 0 heterocycles. The summed E-state index contributed by atoms with van der Waals surface area (Å²) >= 11 is 2.20. The van der Waals surface area contributed by atoms with Gasteiger partial charge in [-0.15, -0.1) is 0 Å². The summed E-state index contributed by atoms with van der Waals surface area (Å²) in [6.45, 7) is 2.86. The predicted octanol–water partition coefficient (Wildman–Crippen LogP) is 1.70. The molecule has 82 valence electrons. The third-order valence-corrected chi connectivity index (χ3v) is 2.54. The molecule has 0 saturated heterocycles. The number of alkyl halides is 1. The molecule has 0 aromatic heterocycles. The van der Waals surface area contributed by atoms with Crippen LogP contribution in [0.5, 0.6) is 0 Å². The Hall–Kier alpha value is -0.330. The Balaban J connectivity index is 4.48. The molecular formula is C9H15IO4. The maximum atomic E-state index is 11.4. The van der Waals surface area contributed by atoms with Gasteiger partial charge in [-0.25, -0.2) is 4.79 Å². The first kappa shape index (κ1) is 13.7. The van der Waals surface area contributed by atoms with E-state index in [-0.39, 0.29) is 0 Å². The van der Waals surface area contributed by atoms with Crippen molar-refractivity contribution in [2.24, 2.45) is 0 Å². The molecule has 0 rings (SSSR count). The van der Waals surface area contributed by atoms with E-state index in [1.165, 1.54) is 14.0 Å². The highest BCUT2D eigenvalue weighted by Crippen LogP contribution is 2.20. The Morgan fingerprint density at radius 1 is 1.43 bits per heavy atom. The van der Waals surface area contributed by atoms with Crippen LogP contribution in [0.2, 0.25) is 0 Å². The van der Waals surface area contributed by atoms with Gasteiger partial charge in [0.05, 0.1) is 7.11 Å². The van der Waals surface area contributed by atoms with Gasteiger partial charge in [-0.05, 0) is 24.2 Å². The first-order chi connectivity index (χ1) is 6.46. The lowest BCUT2D eigenvalue weighted by molar-refractivity contribution is -0.178. The quantitative estimate of drug-likeness (QED) is 0.440. The third kappa shape index (κ3) is 4.26. The van der Waals surface area contributed by atoms with Crippen LogP contribution < -0.4 is 0 Å².